The van der Waals surface area contributed by atoms with Crippen LogP contribution in [0.5, 0.6) is 5.75 Å². The smallest absolute Gasteiger partial charge is 0.243 e. The summed E-state index contributed by atoms with van der Waals surface area (Å²) in [4.78, 5) is 0.258. The zero-order valence-corrected chi connectivity index (χ0v) is 10.9. The van der Waals surface area contributed by atoms with Gasteiger partial charge in [0.25, 0.3) is 0 Å². The lowest BCUT2D eigenvalue weighted by molar-refractivity contribution is 0.414. The molecular formula is C11H18N2O3S. The maximum Gasteiger partial charge on any atom is 0.243 e. The number of likely N-dealkylation sites (N-methyl/N-ethyl adjacent to an activating group) is 1. The van der Waals surface area contributed by atoms with E-state index in [2.05, 4.69) is 0 Å². The molecule has 0 radical (unpaired) electrons. The summed E-state index contributed by atoms with van der Waals surface area (Å²) in [6.45, 7) is 2.83. The molecule has 17 heavy (non-hydrogen) atoms. The lowest BCUT2D eigenvalue weighted by Gasteiger charge is -2.19. The number of benzene rings is 1. The SMILES string of the molecule is CCN(CCN)S(=O)(=O)c1ccc(OC)cc1. The van der Waals surface area contributed by atoms with E-state index >= 15 is 0 Å². The van der Waals surface area contributed by atoms with E-state index in [-0.39, 0.29) is 4.90 Å². The van der Waals surface area contributed by atoms with Crippen molar-refractivity contribution in [1.82, 2.24) is 4.31 Å². The van der Waals surface area contributed by atoms with Crippen molar-refractivity contribution in [2.24, 2.45) is 5.73 Å². The molecule has 0 aliphatic carbocycles. The second-order valence-corrected chi connectivity index (χ2v) is 5.40. The van der Waals surface area contributed by atoms with Gasteiger partial charge in [-0.15, -0.1) is 0 Å². The zero-order chi connectivity index (χ0) is 12.9. The lowest BCUT2D eigenvalue weighted by atomic mass is 10.3. The summed E-state index contributed by atoms with van der Waals surface area (Å²) in [5, 5.41) is 0. The monoisotopic (exact) mass is 258 g/mol. The summed E-state index contributed by atoms with van der Waals surface area (Å²) in [5.41, 5.74) is 5.40. The topological polar surface area (TPSA) is 72.6 Å². The van der Waals surface area contributed by atoms with Crippen LogP contribution in [0.4, 0.5) is 0 Å². The van der Waals surface area contributed by atoms with Gasteiger partial charge in [-0.05, 0) is 24.3 Å². The third-order valence-corrected chi connectivity index (χ3v) is 4.42. The first kappa shape index (κ1) is 14.0. The highest BCUT2D eigenvalue weighted by atomic mass is 32.2. The van der Waals surface area contributed by atoms with Crippen molar-refractivity contribution in [1.29, 1.82) is 0 Å². The summed E-state index contributed by atoms with van der Waals surface area (Å²) in [6.07, 6.45) is 0. The number of rotatable bonds is 6. The Bertz CT molecular complexity index is 442. The van der Waals surface area contributed by atoms with E-state index < -0.39 is 10.0 Å². The molecule has 96 valence electrons. The fourth-order valence-electron chi connectivity index (χ4n) is 1.49. The number of ether oxygens (including phenoxy) is 1. The Hall–Kier alpha value is -1.11. The van der Waals surface area contributed by atoms with Crippen molar-refractivity contribution in [3.05, 3.63) is 24.3 Å². The van der Waals surface area contributed by atoms with Crippen molar-refractivity contribution in [2.45, 2.75) is 11.8 Å². The molecule has 0 atom stereocenters. The number of hydrogen-bond donors (Lipinski definition) is 1. The molecule has 1 aromatic rings. The average molecular weight is 258 g/mol. The zero-order valence-electron chi connectivity index (χ0n) is 10.1. The van der Waals surface area contributed by atoms with Gasteiger partial charge in [-0.2, -0.15) is 4.31 Å². The van der Waals surface area contributed by atoms with Crippen LogP contribution >= 0.6 is 0 Å². The summed E-state index contributed by atoms with van der Waals surface area (Å²) < 4.78 is 30.7. The molecule has 5 nitrogen and oxygen atoms in total. The van der Waals surface area contributed by atoms with E-state index in [4.69, 9.17) is 10.5 Å². The summed E-state index contributed by atoms with van der Waals surface area (Å²) in [5.74, 6) is 0.630. The predicted molar refractivity (Wildman–Crippen MR) is 66.5 cm³/mol. The molecule has 0 unspecified atom stereocenters. The summed E-state index contributed by atoms with van der Waals surface area (Å²) in [7, 11) is -1.90. The van der Waals surface area contributed by atoms with Gasteiger partial charge in [0.1, 0.15) is 5.75 Å². The maximum atomic E-state index is 12.2. The first-order valence-electron chi connectivity index (χ1n) is 5.40. The highest BCUT2D eigenvalue weighted by Crippen LogP contribution is 2.18. The van der Waals surface area contributed by atoms with E-state index in [9.17, 15) is 8.42 Å². The van der Waals surface area contributed by atoms with Crippen molar-refractivity contribution in [2.75, 3.05) is 26.7 Å². The molecule has 0 saturated heterocycles. The second-order valence-electron chi connectivity index (χ2n) is 3.46. The minimum absolute atomic E-state index is 0.258. The van der Waals surface area contributed by atoms with Crippen LogP contribution in [0.1, 0.15) is 6.92 Å². The number of hydrogen-bond acceptors (Lipinski definition) is 4. The molecule has 0 heterocycles. The molecule has 2 N–H and O–H groups in total. The van der Waals surface area contributed by atoms with Crippen molar-refractivity contribution in [3.63, 3.8) is 0 Å². The fraction of sp³-hybridized carbons (Fsp3) is 0.455. The van der Waals surface area contributed by atoms with Gasteiger partial charge in [0.05, 0.1) is 12.0 Å². The molecule has 0 aromatic heterocycles. The quantitative estimate of drug-likeness (QED) is 0.813. The molecule has 6 heteroatoms. The minimum atomic E-state index is -3.44. The Balaban J connectivity index is 3.02. The van der Waals surface area contributed by atoms with Gasteiger partial charge in [0.15, 0.2) is 0 Å². The van der Waals surface area contributed by atoms with E-state index in [1.165, 1.54) is 23.5 Å². The van der Waals surface area contributed by atoms with Crippen LogP contribution in [0.15, 0.2) is 29.2 Å². The molecule has 0 fully saturated rings. The third kappa shape index (κ3) is 3.18. The highest BCUT2D eigenvalue weighted by Gasteiger charge is 2.21. The number of sulfonamides is 1. The number of methoxy groups -OCH3 is 1. The van der Waals surface area contributed by atoms with Crippen LogP contribution in [-0.4, -0.2) is 39.5 Å². The van der Waals surface area contributed by atoms with Crippen LogP contribution in [0.3, 0.4) is 0 Å². The van der Waals surface area contributed by atoms with Crippen molar-refractivity contribution in [3.8, 4) is 5.75 Å². The summed E-state index contributed by atoms with van der Waals surface area (Å²) >= 11 is 0. The van der Waals surface area contributed by atoms with Gasteiger partial charge < -0.3 is 10.5 Å². The average Bonchev–Trinajstić information content (AvgIpc) is 2.35. The number of nitrogens with zero attached hydrogens (tertiary/aromatic N) is 1. The molecule has 0 aliphatic rings. The Kier molecular flexibility index (Phi) is 4.92. The molecule has 0 saturated carbocycles. The van der Waals surface area contributed by atoms with Crippen LogP contribution in [-0.2, 0) is 10.0 Å². The molecule has 1 aromatic carbocycles. The first-order chi connectivity index (χ1) is 8.06. The van der Waals surface area contributed by atoms with Crippen LogP contribution in [0.25, 0.3) is 0 Å². The Morgan fingerprint density at radius 3 is 2.29 bits per heavy atom. The molecule has 0 amide bonds. The number of nitrogens with two attached hydrogens (primary N) is 1. The van der Waals surface area contributed by atoms with Crippen molar-refractivity contribution < 1.29 is 13.2 Å². The maximum absolute atomic E-state index is 12.2. The molecule has 0 aliphatic heterocycles. The molecule has 1 rings (SSSR count). The van der Waals surface area contributed by atoms with Crippen molar-refractivity contribution >= 4 is 10.0 Å². The Labute approximate surface area is 102 Å². The fourth-order valence-corrected chi connectivity index (χ4v) is 2.95. The Morgan fingerprint density at radius 2 is 1.88 bits per heavy atom. The minimum Gasteiger partial charge on any atom is -0.497 e. The van der Waals surface area contributed by atoms with Gasteiger partial charge in [-0.1, -0.05) is 6.92 Å². The van der Waals surface area contributed by atoms with Gasteiger partial charge >= 0.3 is 0 Å². The van der Waals surface area contributed by atoms with E-state index in [1.54, 1.807) is 19.1 Å². The van der Waals surface area contributed by atoms with Gasteiger partial charge in [0, 0.05) is 19.6 Å². The lowest BCUT2D eigenvalue weighted by Crippen LogP contribution is -2.35. The first-order valence-corrected chi connectivity index (χ1v) is 6.84. The van der Waals surface area contributed by atoms with Gasteiger partial charge in [-0.3, -0.25) is 0 Å². The third-order valence-electron chi connectivity index (χ3n) is 2.43. The highest BCUT2D eigenvalue weighted by molar-refractivity contribution is 7.89. The standard InChI is InChI=1S/C11H18N2O3S/c1-3-13(9-8-12)17(14,15)11-6-4-10(16-2)5-7-11/h4-7H,3,8-9,12H2,1-2H3. The van der Waals surface area contributed by atoms with E-state index in [0.29, 0.717) is 25.4 Å². The molecule has 0 bridgehead atoms. The van der Waals surface area contributed by atoms with Crippen LogP contribution in [0, 0.1) is 0 Å². The Morgan fingerprint density at radius 1 is 1.29 bits per heavy atom. The van der Waals surface area contributed by atoms with E-state index in [0.717, 1.165) is 0 Å². The summed E-state index contributed by atoms with van der Waals surface area (Å²) in [6, 6.07) is 6.33. The van der Waals surface area contributed by atoms with Gasteiger partial charge in [0.2, 0.25) is 10.0 Å². The van der Waals surface area contributed by atoms with Crippen LogP contribution < -0.4 is 10.5 Å². The molecular weight excluding hydrogens is 240 g/mol. The molecule has 0 spiro atoms. The van der Waals surface area contributed by atoms with Gasteiger partial charge in [-0.25, -0.2) is 8.42 Å². The second kappa shape index (κ2) is 6.00. The predicted octanol–water partition coefficient (Wildman–Crippen LogP) is 0.664. The largest absolute Gasteiger partial charge is 0.497 e. The van der Waals surface area contributed by atoms with E-state index in [1.807, 2.05) is 0 Å². The normalized spacial score (nSPS) is 11.8. The van der Waals surface area contributed by atoms with Crippen LogP contribution in [0.2, 0.25) is 0 Å².